The topological polar surface area (TPSA) is 93.0 Å². The summed E-state index contributed by atoms with van der Waals surface area (Å²) in [5.41, 5.74) is -0.692. The summed E-state index contributed by atoms with van der Waals surface area (Å²) in [5.74, 6) is 0.108. The molecular formula is C18H17F3N4O3. The number of benzene rings is 1. The standard InChI is InChI=1S/C18H17F3N4O3/c1-10-13(7-8-26)16(27)25(24-10)17-22-14(9-15(23-17)18(19,20)21)11-3-5-12(28-2)6-4-11/h3-6,9,24,26H,7-8H2,1-2H3. The van der Waals surface area contributed by atoms with Gasteiger partial charge in [-0.3, -0.25) is 9.89 Å². The van der Waals surface area contributed by atoms with Crippen molar-refractivity contribution in [2.45, 2.75) is 19.5 Å². The van der Waals surface area contributed by atoms with E-state index < -0.39 is 23.4 Å². The molecule has 2 aromatic heterocycles. The Morgan fingerprint density at radius 2 is 1.89 bits per heavy atom. The van der Waals surface area contributed by atoms with Crippen molar-refractivity contribution in [2.75, 3.05) is 13.7 Å². The highest BCUT2D eigenvalue weighted by Gasteiger charge is 2.34. The van der Waals surface area contributed by atoms with Gasteiger partial charge in [0.2, 0.25) is 0 Å². The Bertz CT molecular complexity index is 1040. The second kappa shape index (κ2) is 7.47. The maximum Gasteiger partial charge on any atom is 0.433 e. The van der Waals surface area contributed by atoms with Gasteiger partial charge in [0.15, 0.2) is 5.69 Å². The van der Waals surface area contributed by atoms with Crippen molar-refractivity contribution in [1.29, 1.82) is 0 Å². The van der Waals surface area contributed by atoms with Crippen molar-refractivity contribution in [1.82, 2.24) is 19.7 Å². The number of aromatic nitrogens is 4. The Morgan fingerprint density at radius 3 is 2.46 bits per heavy atom. The van der Waals surface area contributed by atoms with Crippen molar-refractivity contribution in [3.8, 4) is 23.0 Å². The number of hydrogen-bond donors (Lipinski definition) is 2. The van der Waals surface area contributed by atoms with E-state index in [1.54, 1.807) is 31.2 Å². The lowest BCUT2D eigenvalue weighted by Gasteiger charge is -2.11. The molecule has 0 amide bonds. The maximum absolute atomic E-state index is 13.4. The van der Waals surface area contributed by atoms with E-state index in [4.69, 9.17) is 9.84 Å². The van der Waals surface area contributed by atoms with Crippen LogP contribution >= 0.6 is 0 Å². The Balaban J connectivity index is 2.19. The number of methoxy groups -OCH3 is 1. The molecule has 2 N–H and O–H groups in total. The van der Waals surface area contributed by atoms with Crippen LogP contribution in [0.5, 0.6) is 5.75 Å². The predicted molar refractivity (Wildman–Crippen MR) is 94.5 cm³/mol. The van der Waals surface area contributed by atoms with Crippen LogP contribution in [0.15, 0.2) is 35.1 Å². The molecule has 3 aromatic rings. The van der Waals surface area contributed by atoms with Gasteiger partial charge in [0.1, 0.15) is 5.75 Å². The highest BCUT2D eigenvalue weighted by Crippen LogP contribution is 2.31. The molecule has 0 saturated carbocycles. The normalized spacial score (nSPS) is 11.6. The van der Waals surface area contributed by atoms with E-state index in [0.29, 0.717) is 17.0 Å². The van der Waals surface area contributed by atoms with Crippen molar-refractivity contribution in [3.05, 3.63) is 57.6 Å². The van der Waals surface area contributed by atoms with Crippen molar-refractivity contribution in [2.24, 2.45) is 0 Å². The monoisotopic (exact) mass is 394 g/mol. The number of alkyl halides is 3. The number of rotatable bonds is 5. The fraction of sp³-hybridized carbons (Fsp3) is 0.278. The number of hydrogen-bond acceptors (Lipinski definition) is 5. The summed E-state index contributed by atoms with van der Waals surface area (Å²) in [6, 6.07) is 7.13. The molecule has 1 aromatic carbocycles. The number of ether oxygens (including phenoxy) is 1. The van der Waals surface area contributed by atoms with Crippen LogP contribution in [0, 0.1) is 6.92 Å². The van der Waals surface area contributed by atoms with Crippen LogP contribution in [-0.2, 0) is 12.6 Å². The van der Waals surface area contributed by atoms with E-state index in [2.05, 4.69) is 15.1 Å². The largest absolute Gasteiger partial charge is 0.497 e. The van der Waals surface area contributed by atoms with Crippen LogP contribution in [0.4, 0.5) is 13.2 Å². The van der Waals surface area contributed by atoms with Crippen molar-refractivity contribution in [3.63, 3.8) is 0 Å². The lowest BCUT2D eigenvalue weighted by atomic mass is 10.1. The molecule has 28 heavy (non-hydrogen) atoms. The van der Waals surface area contributed by atoms with Crippen LogP contribution in [0.3, 0.4) is 0 Å². The van der Waals surface area contributed by atoms with Crippen molar-refractivity contribution < 1.29 is 23.0 Å². The molecule has 0 fully saturated rings. The van der Waals surface area contributed by atoms with E-state index >= 15 is 0 Å². The van der Waals surface area contributed by atoms with E-state index in [-0.39, 0.29) is 24.3 Å². The lowest BCUT2D eigenvalue weighted by Crippen LogP contribution is -2.22. The van der Waals surface area contributed by atoms with Crippen LogP contribution in [0.1, 0.15) is 17.0 Å². The molecule has 10 heteroatoms. The number of nitrogens with one attached hydrogen (secondary N) is 1. The molecular weight excluding hydrogens is 377 g/mol. The molecule has 0 radical (unpaired) electrons. The van der Waals surface area contributed by atoms with Crippen molar-refractivity contribution >= 4 is 0 Å². The summed E-state index contributed by atoms with van der Waals surface area (Å²) in [6.07, 6.45) is -4.66. The molecule has 0 unspecified atom stereocenters. The van der Waals surface area contributed by atoms with Gasteiger partial charge in [-0.25, -0.2) is 9.97 Å². The Morgan fingerprint density at radius 1 is 1.21 bits per heavy atom. The van der Waals surface area contributed by atoms with Gasteiger partial charge in [0.05, 0.1) is 12.8 Å². The molecule has 0 aliphatic carbocycles. The van der Waals surface area contributed by atoms with Crippen LogP contribution in [0.25, 0.3) is 17.2 Å². The Kier molecular flexibility index (Phi) is 5.23. The smallest absolute Gasteiger partial charge is 0.433 e. The summed E-state index contributed by atoms with van der Waals surface area (Å²) < 4.78 is 46.0. The lowest BCUT2D eigenvalue weighted by molar-refractivity contribution is -0.141. The zero-order valence-corrected chi connectivity index (χ0v) is 15.0. The van der Waals surface area contributed by atoms with E-state index in [1.165, 1.54) is 7.11 Å². The second-order valence-corrected chi connectivity index (χ2v) is 5.99. The SMILES string of the molecule is COc1ccc(-c2cc(C(F)(F)F)nc(-n3[nH]c(C)c(CCO)c3=O)n2)cc1. The third-order valence-corrected chi connectivity index (χ3v) is 4.15. The number of aryl methyl sites for hydroxylation is 1. The molecule has 3 rings (SSSR count). The number of aliphatic hydroxyl groups is 1. The highest BCUT2D eigenvalue weighted by molar-refractivity contribution is 5.61. The van der Waals surface area contributed by atoms with Gasteiger partial charge < -0.3 is 9.84 Å². The molecule has 0 aliphatic rings. The third kappa shape index (κ3) is 3.77. The van der Waals surface area contributed by atoms with Crippen LogP contribution in [0.2, 0.25) is 0 Å². The third-order valence-electron chi connectivity index (χ3n) is 4.15. The number of halogens is 3. The zero-order chi connectivity index (χ0) is 20.5. The van der Waals surface area contributed by atoms with Gasteiger partial charge in [-0.05, 0) is 37.3 Å². The summed E-state index contributed by atoms with van der Waals surface area (Å²) in [7, 11) is 1.48. The first-order chi connectivity index (χ1) is 13.2. The Hall–Kier alpha value is -3.14. The average molecular weight is 394 g/mol. The summed E-state index contributed by atoms with van der Waals surface area (Å²) in [5, 5.41) is 11.8. The Labute approximate surface area is 157 Å². The van der Waals surface area contributed by atoms with Gasteiger partial charge in [-0.1, -0.05) is 0 Å². The second-order valence-electron chi connectivity index (χ2n) is 5.99. The van der Waals surface area contributed by atoms with E-state index in [9.17, 15) is 18.0 Å². The van der Waals surface area contributed by atoms with E-state index in [0.717, 1.165) is 10.7 Å². The first-order valence-corrected chi connectivity index (χ1v) is 8.27. The van der Waals surface area contributed by atoms with Gasteiger partial charge in [-0.15, -0.1) is 0 Å². The summed E-state index contributed by atoms with van der Waals surface area (Å²) in [4.78, 5) is 20.2. The molecule has 0 spiro atoms. The molecule has 0 atom stereocenters. The maximum atomic E-state index is 13.4. The minimum Gasteiger partial charge on any atom is -0.497 e. The predicted octanol–water partition coefficient (Wildman–Crippen LogP) is 2.49. The highest BCUT2D eigenvalue weighted by atomic mass is 19.4. The molecule has 148 valence electrons. The average Bonchev–Trinajstić information content (AvgIpc) is 2.95. The van der Waals surface area contributed by atoms with Gasteiger partial charge in [0.25, 0.3) is 11.5 Å². The fourth-order valence-electron chi connectivity index (χ4n) is 2.72. The number of aliphatic hydroxyl groups excluding tert-OH is 1. The first-order valence-electron chi connectivity index (χ1n) is 8.27. The van der Waals surface area contributed by atoms with Crippen LogP contribution < -0.4 is 10.3 Å². The number of aromatic amines is 1. The molecule has 0 saturated heterocycles. The van der Waals surface area contributed by atoms with Gasteiger partial charge in [0, 0.05) is 29.8 Å². The van der Waals surface area contributed by atoms with Gasteiger partial charge in [-0.2, -0.15) is 17.9 Å². The molecule has 0 aliphatic heterocycles. The van der Waals surface area contributed by atoms with Gasteiger partial charge >= 0.3 is 6.18 Å². The summed E-state index contributed by atoms with van der Waals surface area (Å²) in [6.45, 7) is 1.31. The number of nitrogens with zero attached hydrogens (tertiary/aromatic N) is 3. The van der Waals surface area contributed by atoms with Crippen LogP contribution in [-0.4, -0.2) is 38.6 Å². The minimum atomic E-state index is -4.72. The zero-order valence-electron chi connectivity index (χ0n) is 15.0. The minimum absolute atomic E-state index is 0.00263. The molecule has 0 bridgehead atoms. The van der Waals surface area contributed by atoms with E-state index in [1.807, 2.05) is 0 Å². The summed E-state index contributed by atoms with van der Waals surface area (Å²) >= 11 is 0. The molecule has 7 nitrogen and oxygen atoms in total. The molecule has 2 heterocycles. The quantitative estimate of drug-likeness (QED) is 0.694. The first kappa shape index (κ1) is 19.6. The number of H-pyrrole nitrogens is 1. The fourth-order valence-corrected chi connectivity index (χ4v) is 2.72.